The van der Waals surface area contributed by atoms with Crippen LogP contribution in [-0.2, 0) is 20.7 Å². The monoisotopic (exact) mass is 594 g/mol. The van der Waals surface area contributed by atoms with E-state index >= 15 is 0 Å². The molecule has 0 aliphatic carbocycles. The maximum Gasteiger partial charge on any atom is 0.255 e. The van der Waals surface area contributed by atoms with E-state index in [1.165, 1.54) is 0 Å². The summed E-state index contributed by atoms with van der Waals surface area (Å²) in [5.41, 5.74) is 3.46. The number of benzene rings is 1. The van der Waals surface area contributed by atoms with Gasteiger partial charge in [0, 0.05) is 23.5 Å². The second-order valence-corrected chi connectivity index (χ2v) is 9.49. The third-order valence-corrected chi connectivity index (χ3v) is 6.39. The van der Waals surface area contributed by atoms with Crippen LogP contribution in [0.4, 0.5) is 11.9 Å². The van der Waals surface area contributed by atoms with Crippen LogP contribution >= 0.6 is 0 Å². The SMILES string of the molecule is C=CCCOC(C)C(=O)Nc1n[nH]c(-c2ccc(-c3ccc(OC)c(CC(=O)Nc4n[nH]c(-c5ccccn5)n4)c3)cn2)n1. The topological polar surface area (TPSA) is 186 Å². The van der Waals surface area contributed by atoms with E-state index in [0.717, 1.165) is 11.1 Å². The highest BCUT2D eigenvalue weighted by atomic mass is 16.5. The molecule has 0 spiro atoms. The van der Waals surface area contributed by atoms with Crippen LogP contribution in [0.5, 0.6) is 5.75 Å². The van der Waals surface area contributed by atoms with Gasteiger partial charge >= 0.3 is 0 Å². The number of nitrogens with zero attached hydrogens (tertiary/aromatic N) is 6. The molecule has 44 heavy (non-hydrogen) atoms. The molecule has 2 amide bonds. The number of pyridine rings is 2. The molecule has 4 heterocycles. The highest BCUT2D eigenvalue weighted by Crippen LogP contribution is 2.28. The number of carbonyl (C=O) groups is 2. The molecule has 0 aliphatic rings. The first-order valence-corrected chi connectivity index (χ1v) is 13.7. The number of rotatable bonds is 13. The zero-order valence-corrected chi connectivity index (χ0v) is 24.1. The number of hydrogen-bond acceptors (Lipinski definition) is 10. The molecule has 0 bridgehead atoms. The molecule has 0 aliphatic heterocycles. The summed E-state index contributed by atoms with van der Waals surface area (Å²) < 4.78 is 10.9. The number of ether oxygens (including phenoxy) is 2. The molecule has 0 saturated carbocycles. The fourth-order valence-corrected chi connectivity index (χ4v) is 4.13. The van der Waals surface area contributed by atoms with Crippen molar-refractivity contribution >= 4 is 23.7 Å². The largest absolute Gasteiger partial charge is 0.496 e. The number of carbonyl (C=O) groups excluding carboxylic acids is 2. The predicted octanol–water partition coefficient (Wildman–Crippen LogP) is 3.82. The molecule has 4 aromatic heterocycles. The maximum atomic E-state index is 12.9. The van der Waals surface area contributed by atoms with Crippen molar-refractivity contribution in [2.45, 2.75) is 25.9 Å². The Bertz CT molecular complexity index is 1730. The normalized spacial score (nSPS) is 11.5. The molecule has 4 N–H and O–H groups in total. The van der Waals surface area contributed by atoms with E-state index in [4.69, 9.17) is 9.47 Å². The highest BCUT2D eigenvalue weighted by molar-refractivity contribution is 5.92. The molecule has 0 radical (unpaired) electrons. The lowest BCUT2D eigenvalue weighted by molar-refractivity contribution is -0.126. The molecule has 14 heteroatoms. The van der Waals surface area contributed by atoms with Crippen molar-refractivity contribution in [3.05, 3.63) is 79.1 Å². The minimum atomic E-state index is -0.665. The van der Waals surface area contributed by atoms with Gasteiger partial charge in [0.15, 0.2) is 11.6 Å². The molecule has 5 rings (SSSR count). The van der Waals surface area contributed by atoms with Gasteiger partial charge in [-0.1, -0.05) is 24.3 Å². The molecule has 1 aromatic carbocycles. The summed E-state index contributed by atoms with van der Waals surface area (Å²) >= 11 is 0. The molecule has 1 atom stereocenters. The van der Waals surface area contributed by atoms with Crippen LogP contribution in [0.1, 0.15) is 18.9 Å². The van der Waals surface area contributed by atoms with Crippen molar-refractivity contribution in [2.24, 2.45) is 0 Å². The van der Waals surface area contributed by atoms with E-state index in [9.17, 15) is 9.59 Å². The Kier molecular flexibility index (Phi) is 9.41. The van der Waals surface area contributed by atoms with Crippen molar-refractivity contribution in [1.29, 1.82) is 0 Å². The third kappa shape index (κ3) is 7.35. The predicted molar refractivity (Wildman–Crippen MR) is 162 cm³/mol. The van der Waals surface area contributed by atoms with Crippen LogP contribution in [-0.4, -0.2) is 72.0 Å². The first-order valence-electron chi connectivity index (χ1n) is 13.7. The zero-order chi connectivity index (χ0) is 30.9. The number of anilines is 2. The first kappa shape index (κ1) is 29.7. The number of hydrogen-bond donors (Lipinski definition) is 4. The average molecular weight is 595 g/mol. The number of aromatic amines is 2. The molecule has 1 unspecified atom stereocenters. The Morgan fingerprint density at radius 1 is 0.955 bits per heavy atom. The summed E-state index contributed by atoms with van der Waals surface area (Å²) in [5, 5.41) is 19.0. The van der Waals surface area contributed by atoms with Gasteiger partial charge in [0.2, 0.25) is 17.8 Å². The van der Waals surface area contributed by atoms with Crippen LogP contribution in [0, 0.1) is 0 Å². The van der Waals surface area contributed by atoms with E-state index < -0.39 is 6.10 Å². The van der Waals surface area contributed by atoms with Gasteiger partial charge in [0.1, 0.15) is 23.2 Å². The zero-order valence-electron chi connectivity index (χ0n) is 24.1. The Morgan fingerprint density at radius 3 is 2.34 bits per heavy atom. The van der Waals surface area contributed by atoms with Crippen molar-refractivity contribution < 1.29 is 19.1 Å². The van der Waals surface area contributed by atoms with Crippen molar-refractivity contribution in [3.8, 4) is 39.9 Å². The van der Waals surface area contributed by atoms with E-state index in [1.807, 2.05) is 24.3 Å². The van der Waals surface area contributed by atoms with Gasteiger partial charge in [-0.25, -0.2) is 0 Å². The molecular weight excluding hydrogens is 564 g/mol. The Balaban J connectivity index is 1.23. The molecule has 0 fully saturated rings. The lowest BCUT2D eigenvalue weighted by Gasteiger charge is -2.11. The van der Waals surface area contributed by atoms with Crippen LogP contribution in [0.2, 0.25) is 0 Å². The summed E-state index contributed by atoms with van der Waals surface area (Å²) in [6, 6.07) is 14.6. The fraction of sp³-hybridized carbons (Fsp3) is 0.200. The third-order valence-electron chi connectivity index (χ3n) is 6.39. The summed E-state index contributed by atoms with van der Waals surface area (Å²) in [5.74, 6) is 0.986. The van der Waals surface area contributed by atoms with Gasteiger partial charge < -0.3 is 9.47 Å². The quantitative estimate of drug-likeness (QED) is 0.115. The van der Waals surface area contributed by atoms with Gasteiger partial charge in [0.25, 0.3) is 5.91 Å². The smallest absolute Gasteiger partial charge is 0.255 e. The highest BCUT2D eigenvalue weighted by Gasteiger charge is 2.17. The van der Waals surface area contributed by atoms with E-state index in [2.05, 4.69) is 57.5 Å². The number of nitrogens with one attached hydrogen (secondary N) is 4. The number of aromatic nitrogens is 8. The molecule has 14 nitrogen and oxygen atoms in total. The van der Waals surface area contributed by atoms with E-state index in [-0.39, 0.29) is 30.1 Å². The van der Waals surface area contributed by atoms with Gasteiger partial charge in [0.05, 0.1) is 20.1 Å². The molecule has 0 saturated heterocycles. The number of H-pyrrole nitrogens is 2. The van der Waals surface area contributed by atoms with Gasteiger partial charge in [-0.15, -0.1) is 16.8 Å². The first-order chi connectivity index (χ1) is 21.4. The standard InChI is InChI=1S/C30H30N10O4/c1-4-5-14-44-18(2)28(42)36-30-35-27(38-40-30)23-11-9-20(17-32-23)19-10-12-24(43-3)21(15-19)16-25(41)33-29-34-26(37-39-29)22-8-6-7-13-31-22/h4,6-13,15,17-18H,1,5,14,16H2,2-3H3,(H2,33,34,37,39,41)(H2,35,36,38,40,42). The number of amides is 2. The summed E-state index contributed by atoms with van der Waals surface area (Å²) in [6.45, 7) is 5.68. The van der Waals surface area contributed by atoms with Gasteiger partial charge in [-0.3, -0.25) is 40.4 Å². The lowest BCUT2D eigenvalue weighted by atomic mass is 10.0. The average Bonchev–Trinajstić information content (AvgIpc) is 3.71. The second kappa shape index (κ2) is 13.9. The van der Waals surface area contributed by atoms with Crippen LogP contribution in [0.15, 0.2) is 73.6 Å². The van der Waals surface area contributed by atoms with Crippen LogP contribution in [0.3, 0.4) is 0 Å². The molecule has 224 valence electrons. The van der Waals surface area contributed by atoms with Gasteiger partial charge in [-0.05, 0) is 49.2 Å². The van der Waals surface area contributed by atoms with Crippen LogP contribution in [0.25, 0.3) is 34.2 Å². The van der Waals surface area contributed by atoms with Crippen molar-refractivity contribution in [2.75, 3.05) is 24.4 Å². The minimum Gasteiger partial charge on any atom is -0.496 e. The van der Waals surface area contributed by atoms with E-state index in [1.54, 1.807) is 56.8 Å². The van der Waals surface area contributed by atoms with Crippen LogP contribution < -0.4 is 15.4 Å². The van der Waals surface area contributed by atoms with Crippen molar-refractivity contribution in [1.82, 2.24) is 40.3 Å². The number of methoxy groups -OCH3 is 1. The summed E-state index contributed by atoms with van der Waals surface area (Å²) in [6.07, 6.45) is 5.06. The Morgan fingerprint density at radius 2 is 1.68 bits per heavy atom. The fourth-order valence-electron chi connectivity index (χ4n) is 4.13. The maximum absolute atomic E-state index is 12.9. The Hall–Kier alpha value is -5.76. The van der Waals surface area contributed by atoms with Crippen molar-refractivity contribution in [3.63, 3.8) is 0 Å². The van der Waals surface area contributed by atoms with Gasteiger partial charge in [-0.2, -0.15) is 9.97 Å². The summed E-state index contributed by atoms with van der Waals surface area (Å²) in [4.78, 5) is 42.5. The second-order valence-electron chi connectivity index (χ2n) is 9.49. The van der Waals surface area contributed by atoms with E-state index in [0.29, 0.717) is 47.4 Å². The lowest BCUT2D eigenvalue weighted by Crippen LogP contribution is -2.28. The molecular formula is C30H30N10O4. The minimum absolute atomic E-state index is 0.0282. The molecule has 5 aromatic rings. The summed E-state index contributed by atoms with van der Waals surface area (Å²) in [7, 11) is 1.55. The Labute approximate surface area is 252 Å².